The molecule has 0 unspecified atom stereocenters. The third kappa shape index (κ3) is 2.51. The van der Waals surface area contributed by atoms with Gasteiger partial charge in [-0.25, -0.2) is 4.98 Å². The molecule has 0 aliphatic carbocycles. The normalized spacial score (nSPS) is 11.1. The van der Waals surface area contributed by atoms with Gasteiger partial charge in [-0.15, -0.1) is 0 Å². The van der Waals surface area contributed by atoms with Crippen molar-refractivity contribution in [2.75, 3.05) is 12.4 Å². The Kier molecular flexibility index (Phi) is 3.53. The number of hydrogen-bond donors (Lipinski definition) is 1. The largest absolute Gasteiger partial charge is 0.357 e. The van der Waals surface area contributed by atoms with Crippen LogP contribution in [0, 0.1) is 10.1 Å². The Morgan fingerprint density at radius 2 is 1.95 bits per heavy atom. The molecule has 110 valence electrons. The average molecular weight is 295 g/mol. The van der Waals surface area contributed by atoms with Crippen molar-refractivity contribution >= 4 is 28.9 Å². The Hall–Kier alpha value is -3.22. The molecule has 7 nitrogen and oxygen atoms in total. The third-order valence-corrected chi connectivity index (χ3v) is 3.19. The number of imidazole rings is 1. The van der Waals surface area contributed by atoms with Crippen molar-refractivity contribution in [1.82, 2.24) is 9.66 Å². The molecule has 0 bridgehead atoms. The van der Waals surface area contributed by atoms with E-state index in [1.165, 1.54) is 12.1 Å². The minimum atomic E-state index is -0.427. The molecular formula is C15H13N5O2. The van der Waals surface area contributed by atoms with Gasteiger partial charge in [-0.1, -0.05) is 12.1 Å². The molecule has 0 aliphatic rings. The maximum absolute atomic E-state index is 10.6. The van der Waals surface area contributed by atoms with Crippen molar-refractivity contribution in [1.29, 1.82) is 0 Å². The lowest BCUT2D eigenvalue weighted by molar-refractivity contribution is -0.384. The molecule has 3 aromatic rings. The van der Waals surface area contributed by atoms with E-state index in [4.69, 9.17) is 0 Å². The number of nitro groups is 1. The second kappa shape index (κ2) is 5.65. The molecule has 0 amide bonds. The Labute approximate surface area is 126 Å². The molecule has 0 saturated carbocycles. The van der Waals surface area contributed by atoms with E-state index < -0.39 is 4.92 Å². The van der Waals surface area contributed by atoms with Gasteiger partial charge in [-0.2, -0.15) is 9.78 Å². The first-order chi connectivity index (χ1) is 10.7. The molecule has 7 heteroatoms. The molecule has 0 spiro atoms. The fourth-order valence-electron chi connectivity index (χ4n) is 2.10. The minimum absolute atomic E-state index is 0.0566. The fraction of sp³-hybridized carbons (Fsp3) is 0.0667. The highest BCUT2D eigenvalue weighted by Gasteiger charge is 2.07. The van der Waals surface area contributed by atoms with Crippen LogP contribution in [-0.4, -0.2) is 27.8 Å². The summed E-state index contributed by atoms with van der Waals surface area (Å²) < 4.78 is 1.69. The predicted molar refractivity (Wildman–Crippen MR) is 85.4 cm³/mol. The van der Waals surface area contributed by atoms with Gasteiger partial charge in [-0.3, -0.25) is 10.1 Å². The number of nitro benzene ring substituents is 1. The van der Waals surface area contributed by atoms with Gasteiger partial charge in [0.1, 0.15) is 0 Å². The number of para-hydroxylation sites is 2. The van der Waals surface area contributed by atoms with Crippen molar-refractivity contribution < 1.29 is 4.92 Å². The van der Waals surface area contributed by atoms with E-state index in [0.717, 1.165) is 16.6 Å². The highest BCUT2D eigenvalue weighted by Crippen LogP contribution is 2.19. The lowest BCUT2D eigenvalue weighted by Crippen LogP contribution is -1.99. The molecule has 0 aliphatic heterocycles. The number of anilines is 1. The molecule has 22 heavy (non-hydrogen) atoms. The summed E-state index contributed by atoms with van der Waals surface area (Å²) in [7, 11) is 1.78. The quantitative estimate of drug-likeness (QED) is 0.455. The van der Waals surface area contributed by atoms with E-state index in [-0.39, 0.29) is 5.69 Å². The molecule has 3 rings (SSSR count). The van der Waals surface area contributed by atoms with Crippen molar-refractivity contribution in [3.8, 4) is 0 Å². The number of nitrogens with one attached hydrogen (secondary N) is 1. The van der Waals surface area contributed by atoms with Crippen LogP contribution in [0.5, 0.6) is 0 Å². The number of hydrogen-bond acceptors (Lipinski definition) is 5. The van der Waals surface area contributed by atoms with E-state index >= 15 is 0 Å². The zero-order chi connectivity index (χ0) is 15.5. The zero-order valence-corrected chi connectivity index (χ0v) is 11.8. The van der Waals surface area contributed by atoms with Gasteiger partial charge in [0, 0.05) is 19.2 Å². The van der Waals surface area contributed by atoms with Gasteiger partial charge < -0.3 is 5.32 Å². The van der Waals surface area contributed by atoms with Crippen molar-refractivity contribution in [3.63, 3.8) is 0 Å². The van der Waals surface area contributed by atoms with Crippen LogP contribution < -0.4 is 5.32 Å². The van der Waals surface area contributed by atoms with Crippen molar-refractivity contribution in [2.24, 2.45) is 5.10 Å². The number of aromatic nitrogens is 2. The Bertz CT molecular complexity index is 852. The van der Waals surface area contributed by atoms with Gasteiger partial charge >= 0.3 is 0 Å². The Balaban J connectivity index is 1.96. The highest BCUT2D eigenvalue weighted by molar-refractivity contribution is 5.83. The van der Waals surface area contributed by atoms with E-state index in [2.05, 4.69) is 15.4 Å². The summed E-state index contributed by atoms with van der Waals surface area (Å²) in [4.78, 5) is 14.6. The van der Waals surface area contributed by atoms with Gasteiger partial charge in [0.15, 0.2) is 0 Å². The van der Waals surface area contributed by atoms with E-state index in [1.807, 2.05) is 24.3 Å². The standard InChI is InChI=1S/C15H13N5O2/c1-16-15-18-13-4-2-3-5-14(13)19(15)17-10-11-6-8-12(9-7-11)20(21)22/h2-10H,1H3,(H,16,18)/b17-10+. The monoisotopic (exact) mass is 295 g/mol. The van der Waals surface area contributed by atoms with Crippen LogP contribution in [0.4, 0.5) is 11.6 Å². The number of nitrogens with zero attached hydrogens (tertiary/aromatic N) is 4. The van der Waals surface area contributed by atoms with Crippen molar-refractivity contribution in [3.05, 3.63) is 64.2 Å². The molecule has 0 saturated heterocycles. The topological polar surface area (TPSA) is 85.3 Å². The van der Waals surface area contributed by atoms with Gasteiger partial charge in [-0.05, 0) is 29.8 Å². The second-order valence-electron chi connectivity index (χ2n) is 4.58. The fourth-order valence-corrected chi connectivity index (χ4v) is 2.10. The average Bonchev–Trinajstić information content (AvgIpc) is 2.91. The van der Waals surface area contributed by atoms with E-state index in [9.17, 15) is 10.1 Å². The number of benzene rings is 2. The minimum Gasteiger partial charge on any atom is -0.357 e. The van der Waals surface area contributed by atoms with Crippen LogP contribution in [0.15, 0.2) is 53.6 Å². The summed E-state index contributed by atoms with van der Waals surface area (Å²) in [5.41, 5.74) is 2.55. The first-order valence-electron chi connectivity index (χ1n) is 6.63. The zero-order valence-electron chi connectivity index (χ0n) is 11.8. The maximum atomic E-state index is 10.6. The molecule has 0 radical (unpaired) electrons. The summed E-state index contributed by atoms with van der Waals surface area (Å²) in [6, 6.07) is 13.9. The van der Waals surface area contributed by atoms with Crippen LogP contribution >= 0.6 is 0 Å². The summed E-state index contributed by atoms with van der Waals surface area (Å²) in [5, 5.41) is 18.0. The summed E-state index contributed by atoms with van der Waals surface area (Å²) in [6.45, 7) is 0. The number of fused-ring (bicyclic) bond motifs is 1. The van der Waals surface area contributed by atoms with Crippen molar-refractivity contribution in [2.45, 2.75) is 0 Å². The summed E-state index contributed by atoms with van der Waals surface area (Å²) in [6.07, 6.45) is 1.64. The van der Waals surface area contributed by atoms with E-state index in [1.54, 1.807) is 30.1 Å². The molecule has 0 fully saturated rings. The van der Waals surface area contributed by atoms with Gasteiger partial charge in [0.05, 0.1) is 22.2 Å². The van der Waals surface area contributed by atoms with Crippen LogP contribution in [0.25, 0.3) is 11.0 Å². The van der Waals surface area contributed by atoms with Crippen LogP contribution in [-0.2, 0) is 0 Å². The van der Waals surface area contributed by atoms with Crippen LogP contribution in [0.3, 0.4) is 0 Å². The Morgan fingerprint density at radius 1 is 1.23 bits per heavy atom. The molecule has 1 aromatic heterocycles. The predicted octanol–water partition coefficient (Wildman–Crippen LogP) is 2.87. The number of non-ortho nitro benzene ring substituents is 1. The second-order valence-corrected chi connectivity index (χ2v) is 4.58. The third-order valence-electron chi connectivity index (χ3n) is 3.19. The maximum Gasteiger partial charge on any atom is 0.269 e. The molecular weight excluding hydrogens is 282 g/mol. The Morgan fingerprint density at radius 3 is 2.64 bits per heavy atom. The molecule has 2 aromatic carbocycles. The number of rotatable bonds is 4. The SMILES string of the molecule is CNc1nc2ccccc2n1/N=C/c1ccc([N+](=O)[O-])cc1. The first kappa shape index (κ1) is 13.7. The molecule has 0 atom stereocenters. The van der Waals surface area contributed by atoms with Gasteiger partial charge in [0.2, 0.25) is 5.95 Å². The lowest BCUT2D eigenvalue weighted by atomic mass is 10.2. The van der Waals surface area contributed by atoms with Crippen LogP contribution in [0.2, 0.25) is 0 Å². The first-order valence-corrected chi connectivity index (χ1v) is 6.63. The molecule has 1 N–H and O–H groups in total. The lowest BCUT2D eigenvalue weighted by Gasteiger charge is -2.01. The van der Waals surface area contributed by atoms with Crippen LogP contribution in [0.1, 0.15) is 5.56 Å². The highest BCUT2D eigenvalue weighted by atomic mass is 16.6. The summed E-state index contributed by atoms with van der Waals surface area (Å²) in [5.74, 6) is 0.624. The smallest absolute Gasteiger partial charge is 0.269 e. The summed E-state index contributed by atoms with van der Waals surface area (Å²) >= 11 is 0. The van der Waals surface area contributed by atoms with Gasteiger partial charge in [0.25, 0.3) is 5.69 Å². The molecule has 1 heterocycles. The van der Waals surface area contributed by atoms with E-state index in [0.29, 0.717) is 5.95 Å².